The van der Waals surface area contributed by atoms with Crippen LogP contribution in [0.1, 0.15) is 59.4 Å². The number of thiazole rings is 1. The molecule has 2 aromatic rings. The average molecular weight is 274 g/mol. The number of hydrogen-bond donors (Lipinski definition) is 2. The summed E-state index contributed by atoms with van der Waals surface area (Å²) in [4.78, 5) is 16.5. The molecule has 2 aliphatic carbocycles. The standard InChI is InChI=1S/C13H14N4OS/c18-12(10-5-9(16-17-10)7-1-2-7)15-13-14-11(6-19-13)8-3-4-8/h5-8H,1-4H2,(H,16,17)(H,14,15,18). The zero-order valence-electron chi connectivity index (χ0n) is 10.3. The molecule has 98 valence electrons. The minimum absolute atomic E-state index is 0.181. The van der Waals surface area contributed by atoms with Crippen LogP contribution in [0.2, 0.25) is 0 Å². The highest BCUT2D eigenvalue weighted by Gasteiger charge is 2.28. The third-order valence-corrected chi connectivity index (χ3v) is 4.36. The molecule has 0 saturated heterocycles. The highest BCUT2D eigenvalue weighted by molar-refractivity contribution is 7.14. The molecule has 0 spiro atoms. The molecule has 0 aliphatic heterocycles. The summed E-state index contributed by atoms with van der Waals surface area (Å²) in [7, 11) is 0. The third kappa shape index (κ3) is 2.28. The van der Waals surface area contributed by atoms with Gasteiger partial charge in [0.15, 0.2) is 10.8 Å². The molecule has 0 unspecified atom stereocenters. The minimum Gasteiger partial charge on any atom is -0.296 e. The van der Waals surface area contributed by atoms with E-state index in [0.717, 1.165) is 11.4 Å². The van der Waals surface area contributed by atoms with Crippen LogP contribution >= 0.6 is 11.3 Å². The number of nitrogens with zero attached hydrogens (tertiary/aromatic N) is 2. The Morgan fingerprint density at radius 3 is 2.84 bits per heavy atom. The van der Waals surface area contributed by atoms with Crippen molar-refractivity contribution in [3.8, 4) is 0 Å². The van der Waals surface area contributed by atoms with Crippen molar-refractivity contribution in [1.29, 1.82) is 0 Å². The maximum Gasteiger partial charge on any atom is 0.277 e. The van der Waals surface area contributed by atoms with Crippen LogP contribution in [0, 0.1) is 0 Å². The lowest BCUT2D eigenvalue weighted by Crippen LogP contribution is -2.12. The van der Waals surface area contributed by atoms with Gasteiger partial charge in [0.25, 0.3) is 5.91 Å². The van der Waals surface area contributed by atoms with Gasteiger partial charge in [-0.2, -0.15) is 5.10 Å². The lowest BCUT2D eigenvalue weighted by atomic mass is 10.2. The van der Waals surface area contributed by atoms with Gasteiger partial charge in [-0.25, -0.2) is 4.98 Å². The number of anilines is 1. The highest BCUT2D eigenvalue weighted by atomic mass is 32.1. The molecule has 2 aromatic heterocycles. The molecule has 2 fully saturated rings. The maximum atomic E-state index is 12.0. The smallest absolute Gasteiger partial charge is 0.277 e. The number of aromatic amines is 1. The molecular weight excluding hydrogens is 260 g/mol. The zero-order chi connectivity index (χ0) is 12.8. The molecule has 0 bridgehead atoms. The van der Waals surface area contributed by atoms with Crippen molar-refractivity contribution in [2.45, 2.75) is 37.5 Å². The molecule has 2 aliphatic rings. The second-order valence-electron chi connectivity index (χ2n) is 5.29. The van der Waals surface area contributed by atoms with E-state index in [1.165, 1.54) is 37.0 Å². The Morgan fingerprint density at radius 2 is 2.11 bits per heavy atom. The first kappa shape index (κ1) is 11.2. The van der Waals surface area contributed by atoms with Gasteiger partial charge in [-0.05, 0) is 31.7 Å². The monoisotopic (exact) mass is 274 g/mol. The fourth-order valence-corrected chi connectivity index (χ4v) is 2.92. The van der Waals surface area contributed by atoms with Gasteiger partial charge < -0.3 is 0 Å². The number of aromatic nitrogens is 3. The van der Waals surface area contributed by atoms with Crippen molar-refractivity contribution in [2.24, 2.45) is 0 Å². The van der Waals surface area contributed by atoms with E-state index in [4.69, 9.17) is 0 Å². The third-order valence-electron chi connectivity index (χ3n) is 3.59. The van der Waals surface area contributed by atoms with Crippen LogP contribution in [-0.4, -0.2) is 21.1 Å². The Kier molecular flexibility index (Phi) is 2.44. The average Bonchev–Trinajstić information content (AvgIpc) is 3.34. The van der Waals surface area contributed by atoms with Crippen LogP contribution < -0.4 is 5.32 Å². The topological polar surface area (TPSA) is 70.7 Å². The summed E-state index contributed by atoms with van der Waals surface area (Å²) in [6.07, 6.45) is 4.84. The predicted molar refractivity (Wildman–Crippen MR) is 72.6 cm³/mol. The van der Waals surface area contributed by atoms with Crippen LogP contribution in [-0.2, 0) is 0 Å². The summed E-state index contributed by atoms with van der Waals surface area (Å²) in [5, 5.41) is 12.5. The number of H-pyrrole nitrogens is 1. The van der Waals surface area contributed by atoms with E-state index in [1.807, 2.05) is 11.4 Å². The molecule has 1 amide bonds. The van der Waals surface area contributed by atoms with Crippen molar-refractivity contribution < 1.29 is 4.79 Å². The van der Waals surface area contributed by atoms with Crippen LogP contribution in [0.15, 0.2) is 11.4 Å². The van der Waals surface area contributed by atoms with Gasteiger partial charge in [-0.1, -0.05) is 0 Å². The number of rotatable bonds is 4. The van der Waals surface area contributed by atoms with Crippen molar-refractivity contribution in [1.82, 2.24) is 15.2 Å². The first-order valence-corrected chi connectivity index (χ1v) is 7.49. The quantitative estimate of drug-likeness (QED) is 0.900. The predicted octanol–water partition coefficient (Wildman–Crippen LogP) is 2.87. The molecule has 5 nitrogen and oxygen atoms in total. The van der Waals surface area contributed by atoms with E-state index in [0.29, 0.717) is 22.7 Å². The molecule has 4 rings (SSSR count). The summed E-state index contributed by atoms with van der Waals surface area (Å²) in [6, 6.07) is 1.85. The van der Waals surface area contributed by atoms with Crippen LogP contribution in [0.3, 0.4) is 0 Å². The molecule has 6 heteroatoms. The number of amides is 1. The van der Waals surface area contributed by atoms with Gasteiger partial charge in [0.1, 0.15) is 0 Å². The highest BCUT2D eigenvalue weighted by Crippen LogP contribution is 2.41. The first-order chi connectivity index (χ1) is 9.29. The number of nitrogens with one attached hydrogen (secondary N) is 2. The molecule has 19 heavy (non-hydrogen) atoms. The lowest BCUT2D eigenvalue weighted by Gasteiger charge is -1.96. The number of hydrogen-bond acceptors (Lipinski definition) is 4. The Hall–Kier alpha value is -1.69. The van der Waals surface area contributed by atoms with Gasteiger partial charge >= 0.3 is 0 Å². The van der Waals surface area contributed by atoms with Gasteiger partial charge in [-0.15, -0.1) is 11.3 Å². The lowest BCUT2D eigenvalue weighted by molar-refractivity contribution is 0.102. The Balaban J connectivity index is 1.46. The fraction of sp³-hybridized carbons (Fsp3) is 0.462. The van der Waals surface area contributed by atoms with Gasteiger partial charge in [-0.3, -0.25) is 15.2 Å². The Morgan fingerprint density at radius 1 is 1.32 bits per heavy atom. The molecule has 2 heterocycles. The van der Waals surface area contributed by atoms with Crippen molar-refractivity contribution >= 4 is 22.4 Å². The van der Waals surface area contributed by atoms with E-state index in [-0.39, 0.29) is 5.91 Å². The van der Waals surface area contributed by atoms with Gasteiger partial charge in [0, 0.05) is 22.9 Å². The SMILES string of the molecule is O=C(Nc1nc(C2CC2)cs1)c1cc(C2CC2)[nH]n1. The summed E-state index contributed by atoms with van der Waals surface area (Å²) in [5.74, 6) is 1.02. The van der Waals surface area contributed by atoms with Crippen molar-refractivity contribution in [3.63, 3.8) is 0 Å². The summed E-state index contributed by atoms with van der Waals surface area (Å²) in [6.45, 7) is 0. The Bertz CT molecular complexity index is 624. The van der Waals surface area contributed by atoms with Gasteiger partial charge in [0.2, 0.25) is 0 Å². The number of carbonyl (C=O) groups is 1. The van der Waals surface area contributed by atoms with Crippen LogP contribution in [0.25, 0.3) is 0 Å². The normalized spacial score (nSPS) is 18.5. The molecule has 0 aromatic carbocycles. The minimum atomic E-state index is -0.181. The largest absolute Gasteiger partial charge is 0.296 e. The van der Waals surface area contributed by atoms with Gasteiger partial charge in [0.05, 0.1) is 5.69 Å². The van der Waals surface area contributed by atoms with Crippen molar-refractivity contribution in [3.05, 3.63) is 28.5 Å². The van der Waals surface area contributed by atoms with Crippen LogP contribution in [0.5, 0.6) is 0 Å². The van der Waals surface area contributed by atoms with E-state index in [1.54, 1.807) is 0 Å². The van der Waals surface area contributed by atoms with E-state index >= 15 is 0 Å². The molecule has 2 N–H and O–H groups in total. The Labute approximate surface area is 114 Å². The maximum absolute atomic E-state index is 12.0. The second-order valence-corrected chi connectivity index (χ2v) is 6.15. The molecular formula is C13H14N4OS. The van der Waals surface area contributed by atoms with E-state index < -0.39 is 0 Å². The fourth-order valence-electron chi connectivity index (χ4n) is 2.13. The first-order valence-electron chi connectivity index (χ1n) is 6.61. The van der Waals surface area contributed by atoms with Crippen molar-refractivity contribution in [2.75, 3.05) is 5.32 Å². The summed E-state index contributed by atoms with van der Waals surface area (Å²) in [5.41, 5.74) is 2.63. The summed E-state index contributed by atoms with van der Waals surface area (Å²) < 4.78 is 0. The number of carbonyl (C=O) groups excluding carboxylic acids is 1. The molecule has 0 atom stereocenters. The van der Waals surface area contributed by atoms with E-state index in [9.17, 15) is 4.79 Å². The second kappa shape index (κ2) is 4.16. The molecule has 2 saturated carbocycles. The molecule has 0 radical (unpaired) electrons. The van der Waals surface area contributed by atoms with Crippen LogP contribution in [0.4, 0.5) is 5.13 Å². The van der Waals surface area contributed by atoms with E-state index in [2.05, 4.69) is 20.5 Å². The zero-order valence-corrected chi connectivity index (χ0v) is 11.2. The summed E-state index contributed by atoms with van der Waals surface area (Å²) >= 11 is 1.49.